The van der Waals surface area contributed by atoms with Crippen molar-refractivity contribution < 1.29 is 53.4 Å². The van der Waals surface area contributed by atoms with Crippen molar-refractivity contribution in [3.05, 3.63) is 118 Å². The molecule has 0 spiro atoms. The maximum atomic E-state index is 14.6. The molecule has 204 valence electrons. The lowest BCUT2D eigenvalue weighted by molar-refractivity contribution is -0.190. The van der Waals surface area contributed by atoms with Crippen LogP contribution in [0.2, 0.25) is 0 Å². The fourth-order valence-electron chi connectivity index (χ4n) is 3.58. The van der Waals surface area contributed by atoms with Crippen LogP contribution in [0.5, 0.6) is 11.5 Å². The molecule has 0 radical (unpaired) electrons. The van der Waals surface area contributed by atoms with Crippen molar-refractivity contribution in [2.45, 2.75) is 19.1 Å². The van der Waals surface area contributed by atoms with Crippen molar-refractivity contribution in [3.8, 4) is 22.6 Å². The van der Waals surface area contributed by atoms with Gasteiger partial charge in [0.15, 0.2) is 17.5 Å². The fourth-order valence-corrected chi connectivity index (χ4v) is 3.58. The van der Waals surface area contributed by atoms with Gasteiger partial charge in [0.25, 0.3) is 0 Å². The van der Waals surface area contributed by atoms with E-state index in [1.54, 1.807) is 0 Å². The maximum absolute atomic E-state index is 14.6. The Morgan fingerprint density at radius 1 is 0.513 bits per heavy atom. The largest absolute Gasteiger partial charge is 0.432 e. The SMILES string of the molecule is Cc1ccc(C(F)(F)Oc2ccc(-c3cc(F)c(C(F)(F)Oc4cc(F)c(F)c(F)c4)c(F)c3)cc2)c(F)c1. The number of alkyl halides is 4. The Hall–Kier alpha value is -4.22. The minimum absolute atomic E-state index is 0.0107. The number of halogens is 10. The first kappa shape index (κ1) is 27.8. The number of hydrogen-bond acceptors (Lipinski definition) is 2. The highest BCUT2D eigenvalue weighted by Gasteiger charge is 2.42. The van der Waals surface area contributed by atoms with Gasteiger partial charge in [-0.25, -0.2) is 26.3 Å². The molecule has 0 aliphatic rings. The summed E-state index contributed by atoms with van der Waals surface area (Å²) < 4.78 is 149. The lowest BCUT2D eigenvalue weighted by Gasteiger charge is -2.20. The highest BCUT2D eigenvalue weighted by molar-refractivity contribution is 5.65. The van der Waals surface area contributed by atoms with E-state index < -0.39 is 69.7 Å². The standard InChI is InChI=1S/C27H14F10O2/c1-13-2-7-18(19(28)8-13)26(34,35)38-16-5-3-14(4-6-16)15-9-20(29)24(21(30)10-15)27(36,37)39-17-11-22(31)25(33)23(32)12-17/h2-12H,1H3. The summed E-state index contributed by atoms with van der Waals surface area (Å²) in [6, 6.07) is 8.24. The van der Waals surface area contributed by atoms with E-state index in [1.807, 2.05) is 0 Å². The van der Waals surface area contributed by atoms with Gasteiger partial charge in [-0.05, 0) is 60.0 Å². The molecule has 39 heavy (non-hydrogen) atoms. The molecule has 4 aromatic carbocycles. The smallest absolute Gasteiger partial charge is 0.429 e. The van der Waals surface area contributed by atoms with Crippen LogP contribution in [-0.2, 0) is 12.2 Å². The van der Waals surface area contributed by atoms with Gasteiger partial charge in [0.05, 0.1) is 5.56 Å². The van der Waals surface area contributed by atoms with Gasteiger partial charge in [-0.15, -0.1) is 0 Å². The van der Waals surface area contributed by atoms with Crippen LogP contribution in [0.25, 0.3) is 11.1 Å². The van der Waals surface area contributed by atoms with Crippen molar-refractivity contribution in [1.82, 2.24) is 0 Å². The van der Waals surface area contributed by atoms with Crippen LogP contribution >= 0.6 is 0 Å². The molecule has 0 aromatic heterocycles. The highest BCUT2D eigenvalue weighted by Crippen LogP contribution is 2.38. The Balaban J connectivity index is 1.57. The first-order valence-corrected chi connectivity index (χ1v) is 10.8. The Morgan fingerprint density at radius 2 is 1.05 bits per heavy atom. The average Bonchev–Trinajstić information content (AvgIpc) is 2.81. The van der Waals surface area contributed by atoms with E-state index in [0.717, 1.165) is 36.4 Å². The van der Waals surface area contributed by atoms with E-state index in [4.69, 9.17) is 0 Å². The lowest BCUT2D eigenvalue weighted by Crippen LogP contribution is -2.25. The normalized spacial score (nSPS) is 12.0. The van der Waals surface area contributed by atoms with Crippen LogP contribution < -0.4 is 9.47 Å². The number of rotatable bonds is 7. The Kier molecular flexibility index (Phi) is 7.24. The predicted molar refractivity (Wildman–Crippen MR) is 118 cm³/mol. The van der Waals surface area contributed by atoms with Gasteiger partial charge < -0.3 is 9.47 Å². The zero-order chi connectivity index (χ0) is 28.7. The summed E-state index contributed by atoms with van der Waals surface area (Å²) in [5.41, 5.74) is -2.83. The van der Waals surface area contributed by atoms with Crippen LogP contribution in [0, 0.1) is 41.8 Å². The van der Waals surface area contributed by atoms with Crippen LogP contribution in [0.1, 0.15) is 16.7 Å². The molecule has 0 unspecified atom stereocenters. The summed E-state index contributed by atoms with van der Waals surface area (Å²) in [6.07, 6.45) is -8.85. The molecule has 0 bridgehead atoms. The molecular formula is C27H14F10O2. The third-order valence-electron chi connectivity index (χ3n) is 5.41. The molecule has 0 atom stereocenters. The van der Waals surface area contributed by atoms with Crippen molar-refractivity contribution in [1.29, 1.82) is 0 Å². The van der Waals surface area contributed by atoms with E-state index >= 15 is 0 Å². The van der Waals surface area contributed by atoms with Crippen LogP contribution in [0.4, 0.5) is 43.9 Å². The molecule has 0 saturated heterocycles. The Bertz CT molecular complexity index is 1490. The molecule has 2 nitrogen and oxygen atoms in total. The van der Waals surface area contributed by atoms with Gasteiger partial charge in [0.1, 0.15) is 34.5 Å². The molecule has 0 aliphatic heterocycles. The van der Waals surface area contributed by atoms with Gasteiger partial charge >= 0.3 is 12.2 Å². The number of benzene rings is 4. The van der Waals surface area contributed by atoms with E-state index in [-0.39, 0.29) is 23.3 Å². The first-order valence-electron chi connectivity index (χ1n) is 10.8. The monoisotopic (exact) mass is 560 g/mol. The maximum Gasteiger partial charge on any atom is 0.432 e. The first-order chi connectivity index (χ1) is 18.2. The summed E-state index contributed by atoms with van der Waals surface area (Å²) in [6.45, 7) is 1.50. The van der Waals surface area contributed by atoms with Gasteiger partial charge in [-0.2, -0.15) is 17.6 Å². The van der Waals surface area contributed by atoms with Crippen LogP contribution in [0.15, 0.2) is 66.7 Å². The molecule has 0 amide bonds. The van der Waals surface area contributed by atoms with Crippen LogP contribution in [0.3, 0.4) is 0 Å². The minimum atomic E-state index is -4.78. The summed E-state index contributed by atoms with van der Waals surface area (Å²) in [4.78, 5) is 0. The minimum Gasteiger partial charge on any atom is -0.429 e. The second-order valence-corrected chi connectivity index (χ2v) is 8.26. The van der Waals surface area contributed by atoms with E-state index in [9.17, 15) is 43.9 Å². The van der Waals surface area contributed by atoms with Gasteiger partial charge in [-0.3, -0.25) is 0 Å². The third kappa shape index (κ3) is 5.79. The van der Waals surface area contributed by atoms with Gasteiger partial charge in [0, 0.05) is 12.1 Å². The van der Waals surface area contributed by atoms with Crippen molar-refractivity contribution in [2.75, 3.05) is 0 Å². The molecule has 0 fully saturated rings. The molecular weight excluding hydrogens is 546 g/mol. The number of aryl methyl sites for hydroxylation is 1. The summed E-state index contributed by atoms with van der Waals surface area (Å²) >= 11 is 0. The van der Waals surface area contributed by atoms with Gasteiger partial charge in [-0.1, -0.05) is 18.2 Å². The molecule has 0 N–H and O–H groups in total. The molecule has 0 aliphatic carbocycles. The van der Waals surface area contributed by atoms with Crippen molar-refractivity contribution in [2.24, 2.45) is 0 Å². The van der Waals surface area contributed by atoms with Crippen molar-refractivity contribution in [3.63, 3.8) is 0 Å². The fraction of sp³-hybridized carbons (Fsp3) is 0.111. The molecule has 12 heteroatoms. The van der Waals surface area contributed by atoms with Crippen molar-refractivity contribution >= 4 is 0 Å². The number of hydrogen-bond donors (Lipinski definition) is 0. The molecule has 0 heterocycles. The summed E-state index contributed by atoms with van der Waals surface area (Å²) in [5.74, 6) is -12.2. The van der Waals surface area contributed by atoms with E-state index in [2.05, 4.69) is 9.47 Å². The van der Waals surface area contributed by atoms with E-state index in [1.165, 1.54) is 13.0 Å². The highest BCUT2D eigenvalue weighted by atomic mass is 19.3. The summed E-state index contributed by atoms with van der Waals surface area (Å²) in [5, 5.41) is 0. The molecule has 4 rings (SSSR count). The third-order valence-corrected chi connectivity index (χ3v) is 5.41. The van der Waals surface area contributed by atoms with E-state index in [0.29, 0.717) is 17.7 Å². The van der Waals surface area contributed by atoms with Crippen LogP contribution in [-0.4, -0.2) is 0 Å². The lowest BCUT2D eigenvalue weighted by atomic mass is 10.0. The second kappa shape index (κ2) is 10.2. The topological polar surface area (TPSA) is 18.5 Å². The zero-order valence-corrected chi connectivity index (χ0v) is 19.4. The quantitative estimate of drug-likeness (QED) is 0.166. The predicted octanol–water partition coefficient (Wildman–Crippen LogP) is 8.75. The second-order valence-electron chi connectivity index (χ2n) is 8.26. The Labute approximate surface area is 214 Å². The average molecular weight is 560 g/mol. The summed E-state index contributed by atoms with van der Waals surface area (Å²) in [7, 11) is 0. The molecule has 0 saturated carbocycles. The number of ether oxygens (including phenoxy) is 2. The Morgan fingerprint density at radius 3 is 1.59 bits per heavy atom. The molecule has 4 aromatic rings. The zero-order valence-electron chi connectivity index (χ0n) is 19.4. The van der Waals surface area contributed by atoms with Gasteiger partial charge in [0.2, 0.25) is 0 Å².